The van der Waals surface area contributed by atoms with E-state index < -0.39 is 5.97 Å². The second-order valence-electron chi connectivity index (χ2n) is 2.92. The number of aliphatic carboxylic acids is 1. The molecule has 0 aliphatic rings. The third-order valence-electron chi connectivity index (χ3n) is 1.68. The third-order valence-corrected chi connectivity index (χ3v) is 1.68. The Bertz CT molecular complexity index is 274. The zero-order chi connectivity index (χ0) is 9.68. The molecule has 4 heteroatoms. The Morgan fingerprint density at radius 1 is 1.54 bits per heavy atom. The number of carbonyl (C=O) groups is 1. The number of carboxylic acid groups (broad SMARTS) is 1. The van der Waals surface area contributed by atoms with Crippen molar-refractivity contribution in [3.05, 3.63) is 30.1 Å². The van der Waals surface area contributed by atoms with Gasteiger partial charge in [0.25, 0.3) is 0 Å². The van der Waals surface area contributed by atoms with Gasteiger partial charge in [-0.15, -0.1) is 0 Å². The minimum absolute atomic E-state index is 0.00230. The molecule has 1 rings (SSSR count). The highest BCUT2D eigenvalue weighted by Gasteiger charge is 2.08. The summed E-state index contributed by atoms with van der Waals surface area (Å²) in [4.78, 5) is 14.2. The molecule has 0 bridgehead atoms. The minimum Gasteiger partial charge on any atom is -0.481 e. The van der Waals surface area contributed by atoms with Gasteiger partial charge in [-0.05, 0) is 24.1 Å². The van der Waals surface area contributed by atoms with Gasteiger partial charge in [0.15, 0.2) is 0 Å². The molecule has 1 atom stereocenters. The van der Waals surface area contributed by atoms with Gasteiger partial charge < -0.3 is 10.8 Å². The smallest absolute Gasteiger partial charge is 0.304 e. The molecule has 13 heavy (non-hydrogen) atoms. The highest BCUT2D eigenvalue weighted by Crippen LogP contribution is 2.02. The number of nitrogens with two attached hydrogens (primary N) is 1. The molecule has 1 heterocycles. The summed E-state index contributed by atoms with van der Waals surface area (Å²) in [5.74, 6) is -0.860. The first-order valence-electron chi connectivity index (χ1n) is 4.05. The Balaban J connectivity index is 2.45. The molecule has 0 aromatic carbocycles. The first-order valence-corrected chi connectivity index (χ1v) is 4.05. The molecular formula is C9H12N2O2. The van der Waals surface area contributed by atoms with Crippen LogP contribution in [0.25, 0.3) is 0 Å². The van der Waals surface area contributed by atoms with Crippen LogP contribution in [0, 0.1) is 0 Å². The zero-order valence-corrected chi connectivity index (χ0v) is 7.18. The summed E-state index contributed by atoms with van der Waals surface area (Å²) >= 11 is 0. The number of aromatic nitrogens is 1. The molecule has 0 fully saturated rings. The SMILES string of the molecule is N[C@H](CC(=O)O)Cc1ccncc1. The fourth-order valence-corrected chi connectivity index (χ4v) is 1.12. The van der Waals surface area contributed by atoms with Gasteiger partial charge in [0.05, 0.1) is 6.42 Å². The van der Waals surface area contributed by atoms with Crippen molar-refractivity contribution in [2.45, 2.75) is 18.9 Å². The van der Waals surface area contributed by atoms with Crippen molar-refractivity contribution in [1.29, 1.82) is 0 Å². The van der Waals surface area contributed by atoms with E-state index in [0.717, 1.165) is 5.56 Å². The van der Waals surface area contributed by atoms with Crippen LogP contribution >= 0.6 is 0 Å². The van der Waals surface area contributed by atoms with Crippen molar-refractivity contribution in [1.82, 2.24) is 4.98 Å². The lowest BCUT2D eigenvalue weighted by Crippen LogP contribution is -2.26. The van der Waals surface area contributed by atoms with Crippen LogP contribution in [0.2, 0.25) is 0 Å². The molecule has 0 aliphatic carbocycles. The first kappa shape index (κ1) is 9.67. The standard InChI is InChI=1S/C9H12N2O2/c10-8(6-9(12)13)5-7-1-3-11-4-2-7/h1-4,8H,5-6,10H2,(H,12,13)/t8-/m0/s1. The van der Waals surface area contributed by atoms with E-state index in [-0.39, 0.29) is 12.5 Å². The second kappa shape index (κ2) is 4.57. The van der Waals surface area contributed by atoms with Crippen LogP contribution in [0.3, 0.4) is 0 Å². The molecule has 0 aliphatic heterocycles. The Labute approximate surface area is 76.4 Å². The summed E-state index contributed by atoms with van der Waals surface area (Å²) in [6.07, 6.45) is 3.92. The van der Waals surface area contributed by atoms with Crippen molar-refractivity contribution in [2.24, 2.45) is 5.73 Å². The van der Waals surface area contributed by atoms with Gasteiger partial charge >= 0.3 is 5.97 Å². The number of carboxylic acids is 1. The van der Waals surface area contributed by atoms with Gasteiger partial charge in [0.2, 0.25) is 0 Å². The van der Waals surface area contributed by atoms with E-state index in [1.54, 1.807) is 12.4 Å². The predicted molar refractivity (Wildman–Crippen MR) is 48.2 cm³/mol. The van der Waals surface area contributed by atoms with Gasteiger partial charge in [-0.2, -0.15) is 0 Å². The molecule has 0 unspecified atom stereocenters. The Morgan fingerprint density at radius 2 is 2.15 bits per heavy atom. The lowest BCUT2D eigenvalue weighted by Gasteiger charge is -2.07. The summed E-state index contributed by atoms with van der Waals surface area (Å²) in [5.41, 5.74) is 6.62. The molecule has 0 radical (unpaired) electrons. The van der Waals surface area contributed by atoms with E-state index in [9.17, 15) is 4.79 Å². The maximum absolute atomic E-state index is 10.3. The number of pyridine rings is 1. The van der Waals surface area contributed by atoms with Crippen LogP contribution in [0.1, 0.15) is 12.0 Å². The van der Waals surface area contributed by atoms with Crippen LogP contribution in [-0.4, -0.2) is 22.1 Å². The largest absolute Gasteiger partial charge is 0.481 e. The molecule has 1 aromatic rings. The van der Waals surface area contributed by atoms with Gasteiger partial charge in [-0.25, -0.2) is 0 Å². The summed E-state index contributed by atoms with van der Waals surface area (Å²) in [5, 5.41) is 8.47. The van der Waals surface area contributed by atoms with Gasteiger partial charge in [-0.1, -0.05) is 0 Å². The Hall–Kier alpha value is -1.42. The number of rotatable bonds is 4. The molecule has 0 saturated carbocycles. The number of nitrogens with zero attached hydrogens (tertiary/aromatic N) is 1. The van der Waals surface area contributed by atoms with E-state index in [0.29, 0.717) is 6.42 Å². The van der Waals surface area contributed by atoms with Gasteiger partial charge in [0, 0.05) is 18.4 Å². The highest BCUT2D eigenvalue weighted by atomic mass is 16.4. The molecule has 70 valence electrons. The van der Waals surface area contributed by atoms with E-state index in [1.165, 1.54) is 0 Å². The monoisotopic (exact) mass is 180 g/mol. The minimum atomic E-state index is -0.860. The molecule has 1 aromatic heterocycles. The normalized spacial score (nSPS) is 12.4. The van der Waals surface area contributed by atoms with E-state index in [1.807, 2.05) is 12.1 Å². The van der Waals surface area contributed by atoms with Gasteiger partial charge in [-0.3, -0.25) is 9.78 Å². The van der Waals surface area contributed by atoms with Crippen molar-refractivity contribution in [2.75, 3.05) is 0 Å². The summed E-state index contributed by atoms with van der Waals surface area (Å²) in [7, 11) is 0. The van der Waals surface area contributed by atoms with E-state index in [4.69, 9.17) is 10.8 Å². The van der Waals surface area contributed by atoms with Crippen molar-refractivity contribution < 1.29 is 9.90 Å². The van der Waals surface area contributed by atoms with Gasteiger partial charge in [0.1, 0.15) is 0 Å². The fraction of sp³-hybridized carbons (Fsp3) is 0.333. The lowest BCUT2D eigenvalue weighted by molar-refractivity contribution is -0.137. The molecular weight excluding hydrogens is 168 g/mol. The van der Waals surface area contributed by atoms with E-state index >= 15 is 0 Å². The Morgan fingerprint density at radius 3 is 2.69 bits per heavy atom. The second-order valence-corrected chi connectivity index (χ2v) is 2.92. The molecule has 0 saturated heterocycles. The van der Waals surface area contributed by atoms with Crippen LogP contribution < -0.4 is 5.73 Å². The summed E-state index contributed by atoms with van der Waals surface area (Å²) in [6.45, 7) is 0. The predicted octanol–water partition coefficient (Wildman–Crippen LogP) is 0.426. The van der Waals surface area contributed by atoms with Crippen LogP contribution in [-0.2, 0) is 11.2 Å². The third kappa shape index (κ3) is 3.66. The zero-order valence-electron chi connectivity index (χ0n) is 7.18. The van der Waals surface area contributed by atoms with E-state index in [2.05, 4.69) is 4.98 Å². The van der Waals surface area contributed by atoms with Crippen LogP contribution in [0.5, 0.6) is 0 Å². The average Bonchev–Trinajstić information content (AvgIpc) is 2.04. The Kier molecular flexibility index (Phi) is 3.40. The van der Waals surface area contributed by atoms with Crippen molar-refractivity contribution in [3.63, 3.8) is 0 Å². The first-order chi connectivity index (χ1) is 6.18. The molecule has 0 spiro atoms. The average molecular weight is 180 g/mol. The maximum Gasteiger partial charge on any atom is 0.304 e. The highest BCUT2D eigenvalue weighted by molar-refractivity contribution is 5.67. The molecule has 0 amide bonds. The van der Waals surface area contributed by atoms with Crippen molar-refractivity contribution >= 4 is 5.97 Å². The van der Waals surface area contributed by atoms with Crippen LogP contribution in [0.4, 0.5) is 0 Å². The number of hydrogen-bond donors (Lipinski definition) is 2. The summed E-state index contributed by atoms with van der Waals surface area (Å²) < 4.78 is 0. The molecule has 4 nitrogen and oxygen atoms in total. The topological polar surface area (TPSA) is 76.2 Å². The fourth-order valence-electron chi connectivity index (χ4n) is 1.12. The number of hydrogen-bond acceptors (Lipinski definition) is 3. The van der Waals surface area contributed by atoms with Crippen molar-refractivity contribution in [3.8, 4) is 0 Å². The molecule has 3 N–H and O–H groups in total. The van der Waals surface area contributed by atoms with Crippen LogP contribution in [0.15, 0.2) is 24.5 Å². The maximum atomic E-state index is 10.3. The quantitative estimate of drug-likeness (QED) is 0.704. The lowest BCUT2D eigenvalue weighted by atomic mass is 10.1. The summed E-state index contributed by atoms with van der Waals surface area (Å²) in [6, 6.07) is 3.35.